The summed E-state index contributed by atoms with van der Waals surface area (Å²) in [5, 5.41) is 19.5. The molecule has 0 atom stereocenters. The van der Waals surface area contributed by atoms with Crippen LogP contribution in [0.3, 0.4) is 0 Å². The molecule has 3 N–H and O–H groups in total. The lowest BCUT2D eigenvalue weighted by atomic mass is 10.1. The zero-order valence-corrected chi connectivity index (χ0v) is 18.1. The first-order chi connectivity index (χ1) is 15.0. The maximum absolute atomic E-state index is 12.0. The first-order valence-electron chi connectivity index (χ1n) is 9.11. The molecular formula is C21H16N2O7S2. The summed E-state index contributed by atoms with van der Waals surface area (Å²) in [7, 11) is -9.12. The van der Waals surface area contributed by atoms with Gasteiger partial charge in [-0.1, -0.05) is 36.4 Å². The quantitative estimate of drug-likeness (QED) is 0.281. The highest BCUT2D eigenvalue weighted by Crippen LogP contribution is 2.41. The van der Waals surface area contributed by atoms with E-state index < -0.39 is 25.1 Å². The summed E-state index contributed by atoms with van der Waals surface area (Å²) in [5.41, 5.74) is 0.605. The number of nitrogens with zero attached hydrogens (tertiary/aromatic N) is 2. The van der Waals surface area contributed by atoms with Gasteiger partial charge in [-0.05, 0) is 42.1 Å². The van der Waals surface area contributed by atoms with E-state index in [4.69, 9.17) is 0 Å². The molecule has 0 fully saturated rings. The van der Waals surface area contributed by atoms with Crippen LogP contribution in [-0.4, -0.2) is 31.0 Å². The average molecular weight is 473 g/mol. The topological polar surface area (TPSA) is 154 Å². The Kier molecular flexibility index (Phi) is 5.21. The van der Waals surface area contributed by atoms with E-state index in [9.17, 15) is 31.0 Å². The minimum absolute atomic E-state index is 0.0132. The Balaban J connectivity index is 1.99. The van der Waals surface area contributed by atoms with E-state index in [0.717, 1.165) is 0 Å². The molecule has 0 aromatic heterocycles. The Bertz CT molecular complexity index is 1640. The molecule has 0 saturated heterocycles. The summed E-state index contributed by atoms with van der Waals surface area (Å²) < 4.78 is 66.5. The Hall–Kier alpha value is -3.38. The molecular weight excluding hydrogens is 456 g/mol. The number of benzene rings is 4. The van der Waals surface area contributed by atoms with Crippen LogP contribution in [0.4, 0.5) is 11.4 Å². The van der Waals surface area contributed by atoms with Gasteiger partial charge in [-0.2, -0.15) is 16.8 Å². The second-order valence-corrected chi connectivity index (χ2v) is 9.85. The van der Waals surface area contributed by atoms with Crippen LogP contribution in [0.2, 0.25) is 0 Å². The van der Waals surface area contributed by atoms with E-state index in [0.29, 0.717) is 16.3 Å². The van der Waals surface area contributed by atoms with Crippen LogP contribution in [0.15, 0.2) is 80.7 Å². The average Bonchev–Trinajstić information content (AvgIpc) is 2.71. The van der Waals surface area contributed by atoms with Crippen LogP contribution in [0.1, 0.15) is 5.56 Å². The van der Waals surface area contributed by atoms with E-state index in [2.05, 4.69) is 10.2 Å². The monoisotopic (exact) mass is 472 g/mol. The third kappa shape index (κ3) is 3.94. The van der Waals surface area contributed by atoms with Gasteiger partial charge in [0, 0.05) is 16.2 Å². The van der Waals surface area contributed by atoms with Crippen LogP contribution < -0.4 is 0 Å². The zero-order valence-electron chi connectivity index (χ0n) is 16.5. The van der Waals surface area contributed by atoms with E-state index >= 15 is 0 Å². The van der Waals surface area contributed by atoms with Crippen LogP contribution in [-0.2, 0) is 20.2 Å². The molecule has 0 bridgehead atoms. The van der Waals surface area contributed by atoms with Crippen LogP contribution in [0, 0.1) is 6.92 Å². The molecule has 32 heavy (non-hydrogen) atoms. The molecule has 9 nitrogen and oxygen atoms in total. The predicted molar refractivity (Wildman–Crippen MR) is 118 cm³/mol. The van der Waals surface area contributed by atoms with Gasteiger partial charge in [0.1, 0.15) is 21.2 Å². The molecule has 4 aromatic carbocycles. The van der Waals surface area contributed by atoms with E-state index in [-0.39, 0.29) is 32.8 Å². The molecule has 4 rings (SSSR count). The predicted octanol–water partition coefficient (Wildman–Crippen LogP) is 4.92. The number of fused-ring (bicyclic) bond motifs is 2. The fourth-order valence-corrected chi connectivity index (χ4v) is 5.02. The van der Waals surface area contributed by atoms with Crippen molar-refractivity contribution in [2.24, 2.45) is 10.2 Å². The van der Waals surface area contributed by atoms with Crippen molar-refractivity contribution in [3.63, 3.8) is 0 Å². The highest BCUT2D eigenvalue weighted by Gasteiger charge is 2.20. The summed E-state index contributed by atoms with van der Waals surface area (Å²) in [5.74, 6) is -0.367. The molecule has 0 unspecified atom stereocenters. The molecule has 0 aliphatic carbocycles. The maximum Gasteiger partial charge on any atom is 0.295 e. The highest BCUT2D eigenvalue weighted by molar-refractivity contribution is 7.86. The van der Waals surface area contributed by atoms with Gasteiger partial charge in [0.05, 0.1) is 5.69 Å². The second kappa shape index (κ2) is 7.64. The van der Waals surface area contributed by atoms with Crippen molar-refractivity contribution in [2.45, 2.75) is 16.7 Å². The molecule has 0 radical (unpaired) electrons. The molecule has 0 saturated carbocycles. The van der Waals surface area contributed by atoms with Gasteiger partial charge < -0.3 is 5.11 Å². The Morgan fingerprint density at radius 3 is 2.06 bits per heavy atom. The molecule has 164 valence electrons. The van der Waals surface area contributed by atoms with Crippen molar-refractivity contribution in [1.29, 1.82) is 0 Å². The Labute approximate surface area is 183 Å². The summed E-state index contributed by atoms with van der Waals surface area (Å²) >= 11 is 0. The first-order valence-corrected chi connectivity index (χ1v) is 12.0. The normalized spacial score (nSPS) is 12.7. The van der Waals surface area contributed by atoms with Crippen molar-refractivity contribution in [2.75, 3.05) is 0 Å². The lowest BCUT2D eigenvalue weighted by Crippen LogP contribution is -2.00. The minimum atomic E-state index is -4.64. The van der Waals surface area contributed by atoms with Crippen LogP contribution in [0.5, 0.6) is 5.75 Å². The van der Waals surface area contributed by atoms with Crippen molar-refractivity contribution >= 4 is 53.2 Å². The Morgan fingerprint density at radius 1 is 0.750 bits per heavy atom. The van der Waals surface area contributed by atoms with Gasteiger partial charge in [0.2, 0.25) is 0 Å². The molecule has 0 amide bonds. The number of hydrogen-bond acceptors (Lipinski definition) is 7. The number of phenolic OH excluding ortho intramolecular Hbond substituents is 1. The van der Waals surface area contributed by atoms with E-state index in [1.807, 2.05) is 0 Å². The summed E-state index contributed by atoms with van der Waals surface area (Å²) in [6.45, 7) is 1.66. The third-order valence-electron chi connectivity index (χ3n) is 4.85. The smallest absolute Gasteiger partial charge is 0.295 e. The van der Waals surface area contributed by atoms with Crippen molar-refractivity contribution in [3.8, 4) is 5.75 Å². The zero-order chi connectivity index (χ0) is 23.3. The first kappa shape index (κ1) is 21.8. The molecule has 0 spiro atoms. The van der Waals surface area contributed by atoms with Crippen LogP contribution in [0.25, 0.3) is 21.5 Å². The van der Waals surface area contributed by atoms with E-state index in [1.165, 1.54) is 36.4 Å². The minimum Gasteiger partial charge on any atom is -0.506 e. The van der Waals surface area contributed by atoms with Crippen molar-refractivity contribution in [1.82, 2.24) is 0 Å². The van der Waals surface area contributed by atoms with Crippen molar-refractivity contribution in [3.05, 3.63) is 66.2 Å². The Morgan fingerprint density at radius 2 is 1.41 bits per heavy atom. The van der Waals surface area contributed by atoms with Gasteiger partial charge in [0.25, 0.3) is 20.2 Å². The van der Waals surface area contributed by atoms with Gasteiger partial charge in [-0.25, -0.2) is 0 Å². The van der Waals surface area contributed by atoms with Crippen molar-refractivity contribution < 1.29 is 31.0 Å². The molecule has 4 aromatic rings. The number of phenols is 1. The maximum atomic E-state index is 12.0. The fourth-order valence-electron chi connectivity index (χ4n) is 3.52. The lowest BCUT2D eigenvalue weighted by Gasteiger charge is -2.10. The third-order valence-corrected chi connectivity index (χ3v) is 6.64. The molecule has 11 heteroatoms. The molecule has 0 aliphatic rings. The van der Waals surface area contributed by atoms with Gasteiger partial charge >= 0.3 is 0 Å². The van der Waals surface area contributed by atoms with Gasteiger partial charge in [-0.3, -0.25) is 9.11 Å². The summed E-state index contributed by atoms with van der Waals surface area (Å²) in [6.07, 6.45) is 0. The summed E-state index contributed by atoms with van der Waals surface area (Å²) in [6, 6.07) is 14.5. The van der Waals surface area contributed by atoms with Crippen LogP contribution >= 0.6 is 0 Å². The fraction of sp³-hybridized carbons (Fsp3) is 0.0476. The molecule has 0 heterocycles. The second-order valence-electron chi connectivity index (χ2n) is 7.07. The lowest BCUT2D eigenvalue weighted by molar-refractivity contribution is 0.476. The van der Waals surface area contributed by atoms with Gasteiger partial charge in [0.15, 0.2) is 0 Å². The summed E-state index contributed by atoms with van der Waals surface area (Å²) in [4.78, 5) is -0.729. The largest absolute Gasteiger partial charge is 0.506 e. The number of rotatable bonds is 4. The molecule has 0 aliphatic heterocycles. The number of aryl methyl sites for hydroxylation is 1. The number of aromatic hydroxyl groups is 1. The van der Waals surface area contributed by atoms with Gasteiger partial charge in [-0.15, -0.1) is 10.2 Å². The number of hydrogen-bond donors (Lipinski definition) is 3. The highest BCUT2D eigenvalue weighted by atomic mass is 32.2. The standard InChI is InChI=1S/C21H16N2O7S2/c1-12-10-13-6-8-17(24)21(20(13)19(11-12)32(28,29)30)23-22-16-7-9-18(31(25,26)27)15-5-3-2-4-14(15)16/h2-11,24H,1H3,(H,25,26,27)(H,28,29,30). The van der Waals surface area contributed by atoms with E-state index in [1.54, 1.807) is 31.2 Å². The number of azo groups is 1. The SMILES string of the molecule is Cc1cc(S(=O)(=O)O)c2c(N=Nc3ccc(S(=O)(=O)O)c4ccccc34)c(O)ccc2c1.